The van der Waals surface area contributed by atoms with Gasteiger partial charge < -0.3 is 99.0 Å². The number of hydrogen-bond donors (Lipinski definition) is 0. The Morgan fingerprint density at radius 1 is 0.288 bits per heavy atom. The van der Waals surface area contributed by atoms with Gasteiger partial charge in [-0.3, -0.25) is 0 Å². The van der Waals surface area contributed by atoms with E-state index in [2.05, 4.69) is 0 Å². The molecule has 0 spiro atoms. The molecule has 0 aromatic heterocycles. The van der Waals surface area contributed by atoms with Crippen LogP contribution in [0.2, 0.25) is 0 Å². The van der Waals surface area contributed by atoms with Crippen molar-refractivity contribution >= 4 is 59.7 Å². The number of carboxylic acid groups (broad SMARTS) is 10. The van der Waals surface area contributed by atoms with Crippen LogP contribution in [-0.4, -0.2) is 59.7 Å². The standard InChI is InChI=1S/5C6H10O4.2V/c5*1-2-4(6(9)10)3-5(7)8;;/h5*4H,2-3H2,1H3,(H,7,8)(H,9,10);;/p-10. The molecule has 0 saturated heterocycles. The number of hydrogen-bond acceptors (Lipinski definition) is 20. The fourth-order valence-electron chi connectivity index (χ4n) is 2.98. The summed E-state index contributed by atoms with van der Waals surface area (Å²) in [6.45, 7) is 7.93. The Bertz CT molecular complexity index is 913. The van der Waals surface area contributed by atoms with Crippen molar-refractivity contribution in [2.45, 2.75) is 98.8 Å². The predicted octanol–water partition coefficient (Wildman–Crippen LogP) is -10.5. The third-order valence-corrected chi connectivity index (χ3v) is 6.20. The Hall–Kier alpha value is -4.13. The first kappa shape index (κ1) is 63.0. The molecule has 0 amide bonds. The van der Waals surface area contributed by atoms with E-state index in [0.29, 0.717) is 0 Å². The van der Waals surface area contributed by atoms with E-state index in [-0.39, 0.29) is 69.2 Å². The topological polar surface area (TPSA) is 401 Å². The zero-order valence-corrected chi connectivity index (χ0v) is 31.8. The summed E-state index contributed by atoms with van der Waals surface area (Å²) in [5, 5.41) is 99.7. The predicted molar refractivity (Wildman–Crippen MR) is 142 cm³/mol. The first-order valence-electron chi connectivity index (χ1n) is 14.9. The molecule has 0 heterocycles. The minimum atomic E-state index is -1.35. The Kier molecular flexibility index (Phi) is 46.1. The minimum Gasteiger partial charge on any atom is -0.550 e. The zero-order valence-electron chi connectivity index (χ0n) is 29.0. The van der Waals surface area contributed by atoms with E-state index in [1.807, 2.05) is 0 Å². The molecule has 0 fully saturated rings. The molecule has 0 N–H and O–H groups in total. The van der Waals surface area contributed by atoms with Crippen LogP contribution in [0.3, 0.4) is 0 Å². The van der Waals surface area contributed by atoms with Crippen LogP contribution in [0.1, 0.15) is 98.8 Å². The number of rotatable bonds is 20. The van der Waals surface area contributed by atoms with Crippen LogP contribution in [0.15, 0.2) is 0 Å². The van der Waals surface area contributed by atoms with E-state index in [0.717, 1.165) is 0 Å². The first-order chi connectivity index (χ1) is 22.9. The summed E-state index contributed by atoms with van der Waals surface area (Å²) in [5.74, 6) is -18.0. The summed E-state index contributed by atoms with van der Waals surface area (Å²) in [7, 11) is 0. The summed E-state index contributed by atoms with van der Waals surface area (Å²) < 4.78 is 0. The van der Waals surface area contributed by atoms with Crippen LogP contribution >= 0.6 is 0 Å². The fraction of sp³-hybridized carbons (Fsp3) is 0.667. The minimum absolute atomic E-state index is 0. The van der Waals surface area contributed by atoms with Crippen molar-refractivity contribution in [3.05, 3.63) is 0 Å². The van der Waals surface area contributed by atoms with E-state index >= 15 is 0 Å². The third kappa shape index (κ3) is 43.9. The van der Waals surface area contributed by atoms with Gasteiger partial charge in [-0.1, -0.05) is 34.6 Å². The second kappa shape index (κ2) is 38.1. The van der Waals surface area contributed by atoms with Gasteiger partial charge in [-0.2, -0.15) is 0 Å². The van der Waals surface area contributed by atoms with E-state index < -0.39 is 121 Å². The summed E-state index contributed by atoms with van der Waals surface area (Å²) in [6, 6.07) is 0. The molecule has 5 unspecified atom stereocenters. The van der Waals surface area contributed by atoms with Gasteiger partial charge in [-0.25, -0.2) is 0 Å². The van der Waals surface area contributed by atoms with Gasteiger partial charge in [0.25, 0.3) is 0 Å². The molecule has 0 rings (SSSR count). The van der Waals surface area contributed by atoms with Crippen molar-refractivity contribution in [3.63, 3.8) is 0 Å². The quantitative estimate of drug-likeness (QED) is 0.110. The normalized spacial score (nSPS) is 12.0. The summed E-state index contributed by atoms with van der Waals surface area (Å²) >= 11 is 0. The molecule has 0 aliphatic carbocycles. The molecular formula is C30H40O20V2-10. The van der Waals surface area contributed by atoms with Gasteiger partial charge in [0.2, 0.25) is 0 Å². The molecule has 0 aromatic rings. The van der Waals surface area contributed by atoms with Gasteiger partial charge in [0.1, 0.15) is 0 Å². The molecule has 20 nitrogen and oxygen atoms in total. The van der Waals surface area contributed by atoms with Gasteiger partial charge in [0.05, 0.1) is 0 Å². The van der Waals surface area contributed by atoms with Crippen molar-refractivity contribution in [1.82, 2.24) is 0 Å². The van der Waals surface area contributed by atoms with Gasteiger partial charge in [0.15, 0.2) is 0 Å². The van der Waals surface area contributed by atoms with E-state index in [4.69, 9.17) is 0 Å². The molecule has 5 atom stereocenters. The Morgan fingerprint density at radius 2 is 0.385 bits per heavy atom. The molecule has 300 valence electrons. The zero-order chi connectivity index (χ0) is 40.7. The Labute approximate surface area is 323 Å². The van der Waals surface area contributed by atoms with Crippen LogP contribution in [0.4, 0.5) is 0 Å². The van der Waals surface area contributed by atoms with Crippen molar-refractivity contribution in [1.29, 1.82) is 0 Å². The largest absolute Gasteiger partial charge is 0.550 e. The van der Waals surface area contributed by atoms with Crippen LogP contribution in [-0.2, 0) is 85.1 Å². The van der Waals surface area contributed by atoms with Gasteiger partial charge in [-0.05, 0) is 64.2 Å². The monoisotopic (exact) mass is 822 g/mol. The van der Waals surface area contributed by atoms with Crippen LogP contribution in [0, 0.1) is 29.6 Å². The molecule has 0 saturated carbocycles. The maximum absolute atomic E-state index is 10.1. The first-order valence-corrected chi connectivity index (χ1v) is 14.9. The second-order valence-electron chi connectivity index (χ2n) is 10.0. The SMILES string of the molecule is CCC(CC(=O)[O-])C(=O)[O-].CCC(CC(=O)[O-])C(=O)[O-].CCC(CC(=O)[O-])C(=O)[O-].CCC(CC(=O)[O-])C(=O)[O-].CCC(CC(=O)[O-])C(=O)[O-].[V].[V]. The Morgan fingerprint density at radius 3 is 0.404 bits per heavy atom. The summed E-state index contributed by atoms with van der Waals surface area (Å²) in [4.78, 5) is 99.7. The molecule has 0 aliphatic heterocycles. The maximum Gasteiger partial charge on any atom is 0.0448 e. The Balaban J connectivity index is -0.0000000964. The summed E-state index contributed by atoms with van der Waals surface area (Å²) in [5.41, 5.74) is 0. The maximum atomic E-state index is 10.1. The van der Waals surface area contributed by atoms with Gasteiger partial charge in [-0.15, -0.1) is 0 Å². The average molecular weight is 823 g/mol. The molecular weight excluding hydrogens is 782 g/mol. The molecule has 0 aliphatic rings. The van der Waals surface area contributed by atoms with Crippen molar-refractivity contribution in [2.75, 3.05) is 0 Å². The second-order valence-corrected chi connectivity index (χ2v) is 10.0. The number of carbonyl (C=O) groups excluding carboxylic acids is 10. The van der Waals surface area contributed by atoms with Crippen molar-refractivity contribution < 1.29 is 136 Å². The summed E-state index contributed by atoms with van der Waals surface area (Å²) in [6.07, 6.45) is -0.996. The molecule has 22 heteroatoms. The smallest absolute Gasteiger partial charge is 0.0448 e. The van der Waals surface area contributed by atoms with Crippen LogP contribution < -0.4 is 51.1 Å². The average Bonchev–Trinajstić information content (AvgIpc) is 2.98. The van der Waals surface area contributed by atoms with Crippen LogP contribution in [0.25, 0.3) is 0 Å². The molecule has 0 bridgehead atoms. The van der Waals surface area contributed by atoms with E-state index in [9.17, 15) is 99.0 Å². The van der Waals surface area contributed by atoms with Crippen LogP contribution in [0.5, 0.6) is 0 Å². The fourth-order valence-corrected chi connectivity index (χ4v) is 2.98. The third-order valence-electron chi connectivity index (χ3n) is 6.20. The molecule has 0 aromatic carbocycles. The van der Waals surface area contributed by atoms with Gasteiger partial charge in [0, 0.05) is 126 Å². The van der Waals surface area contributed by atoms with Crippen molar-refractivity contribution in [2.24, 2.45) is 29.6 Å². The van der Waals surface area contributed by atoms with E-state index in [1.165, 1.54) is 0 Å². The van der Waals surface area contributed by atoms with Gasteiger partial charge >= 0.3 is 0 Å². The molecule has 52 heavy (non-hydrogen) atoms. The number of aliphatic carboxylic acids is 10. The molecule has 2 radical (unpaired) electrons. The van der Waals surface area contributed by atoms with Crippen molar-refractivity contribution in [3.8, 4) is 0 Å². The number of carboxylic acids is 10. The van der Waals surface area contributed by atoms with E-state index in [1.54, 1.807) is 34.6 Å². The number of carbonyl (C=O) groups is 10.